The highest BCUT2D eigenvalue weighted by Gasteiger charge is 2.13. The number of H-pyrrole nitrogens is 1. The summed E-state index contributed by atoms with van der Waals surface area (Å²) in [5.74, 6) is -1.04. The number of aromatic carboxylic acids is 1. The lowest BCUT2D eigenvalue weighted by atomic mass is 10.0. The van der Waals surface area contributed by atoms with E-state index in [1.54, 1.807) is 0 Å². The summed E-state index contributed by atoms with van der Waals surface area (Å²) in [6.45, 7) is 3.86. The van der Waals surface area contributed by atoms with Crippen LogP contribution in [0.4, 0.5) is 0 Å². The van der Waals surface area contributed by atoms with Gasteiger partial charge in [0.2, 0.25) is 0 Å². The molecule has 88 valence electrons. The lowest BCUT2D eigenvalue weighted by Crippen LogP contribution is -1.95. The van der Waals surface area contributed by atoms with Gasteiger partial charge < -0.3 is 5.11 Å². The van der Waals surface area contributed by atoms with E-state index >= 15 is 0 Å². The summed E-state index contributed by atoms with van der Waals surface area (Å²) in [6, 6.07) is 5.33. The summed E-state index contributed by atoms with van der Waals surface area (Å²) in [7, 11) is 0. The lowest BCUT2D eigenvalue weighted by molar-refractivity contribution is 0.0690. The third kappa shape index (κ3) is 2.17. The van der Waals surface area contributed by atoms with Crippen LogP contribution in [0, 0.1) is 13.8 Å². The maximum Gasteiger partial charge on any atom is 0.353 e. The van der Waals surface area contributed by atoms with Gasteiger partial charge in [-0.15, -0.1) is 0 Å². The molecule has 17 heavy (non-hydrogen) atoms. The van der Waals surface area contributed by atoms with Crippen molar-refractivity contribution in [3.63, 3.8) is 0 Å². The van der Waals surface area contributed by atoms with Gasteiger partial charge >= 0.3 is 5.97 Å². The molecule has 0 bridgehead atoms. The fourth-order valence-corrected chi connectivity index (χ4v) is 1.91. The largest absolute Gasteiger partial charge is 0.477 e. The molecule has 0 atom stereocenters. The van der Waals surface area contributed by atoms with Crippen LogP contribution in [-0.2, 0) is 0 Å². The van der Waals surface area contributed by atoms with Crippen LogP contribution in [0.1, 0.15) is 21.6 Å². The van der Waals surface area contributed by atoms with Crippen LogP contribution in [-0.4, -0.2) is 21.3 Å². The van der Waals surface area contributed by atoms with E-state index in [0.717, 1.165) is 16.7 Å². The van der Waals surface area contributed by atoms with E-state index in [1.807, 2.05) is 26.0 Å². The molecular weight excluding hydrogens is 240 g/mol. The van der Waals surface area contributed by atoms with Crippen LogP contribution in [0.2, 0.25) is 5.02 Å². The maximum absolute atomic E-state index is 10.8. The van der Waals surface area contributed by atoms with Gasteiger partial charge in [-0.1, -0.05) is 23.2 Å². The smallest absolute Gasteiger partial charge is 0.353 e. The summed E-state index contributed by atoms with van der Waals surface area (Å²) in [5, 5.41) is 15.8. The first-order valence-electron chi connectivity index (χ1n) is 5.05. The monoisotopic (exact) mass is 250 g/mol. The molecule has 1 aromatic carbocycles. The predicted molar refractivity (Wildman–Crippen MR) is 65.5 cm³/mol. The van der Waals surface area contributed by atoms with Gasteiger partial charge in [0.1, 0.15) is 5.69 Å². The highest BCUT2D eigenvalue weighted by Crippen LogP contribution is 2.30. The van der Waals surface area contributed by atoms with Crippen molar-refractivity contribution in [1.82, 2.24) is 10.2 Å². The summed E-state index contributed by atoms with van der Waals surface area (Å²) in [5.41, 5.74) is 3.34. The van der Waals surface area contributed by atoms with Crippen molar-refractivity contribution in [2.75, 3.05) is 0 Å². The molecule has 2 aromatic rings. The average molecular weight is 251 g/mol. The first kappa shape index (κ1) is 11.7. The summed E-state index contributed by atoms with van der Waals surface area (Å²) < 4.78 is 0. The molecule has 0 radical (unpaired) electrons. The Morgan fingerprint density at radius 2 is 2.06 bits per heavy atom. The minimum atomic E-state index is -1.04. The number of carboxylic acid groups (broad SMARTS) is 1. The molecule has 0 aliphatic heterocycles. The topological polar surface area (TPSA) is 66.0 Å². The van der Waals surface area contributed by atoms with Crippen molar-refractivity contribution in [2.45, 2.75) is 13.8 Å². The molecule has 5 heteroatoms. The van der Waals surface area contributed by atoms with E-state index in [2.05, 4.69) is 10.2 Å². The van der Waals surface area contributed by atoms with Crippen LogP contribution < -0.4 is 0 Å². The number of hydrogen-bond acceptors (Lipinski definition) is 2. The zero-order valence-corrected chi connectivity index (χ0v) is 10.2. The van der Waals surface area contributed by atoms with E-state index < -0.39 is 5.97 Å². The molecule has 4 nitrogen and oxygen atoms in total. The number of rotatable bonds is 2. The lowest BCUT2D eigenvalue weighted by Gasteiger charge is -2.05. The van der Waals surface area contributed by atoms with E-state index in [0.29, 0.717) is 10.7 Å². The standard InChI is InChI=1S/C12H11ClN2O2/c1-6-3-7(2)11(13)8(4-6)9-5-10(12(16)17)15-14-9/h3-5H,1-2H3,(H,14,15)(H,16,17). The van der Waals surface area contributed by atoms with Crippen LogP contribution in [0.5, 0.6) is 0 Å². The van der Waals surface area contributed by atoms with Gasteiger partial charge in [-0.25, -0.2) is 4.79 Å². The maximum atomic E-state index is 10.8. The molecule has 0 spiro atoms. The molecule has 0 saturated heterocycles. The van der Waals surface area contributed by atoms with Crippen LogP contribution in [0.15, 0.2) is 18.2 Å². The van der Waals surface area contributed by atoms with Crippen LogP contribution >= 0.6 is 11.6 Å². The second-order valence-electron chi connectivity index (χ2n) is 3.92. The van der Waals surface area contributed by atoms with E-state index in [9.17, 15) is 4.79 Å². The van der Waals surface area contributed by atoms with Gasteiger partial charge in [0, 0.05) is 5.56 Å². The highest BCUT2D eigenvalue weighted by molar-refractivity contribution is 6.34. The van der Waals surface area contributed by atoms with Crippen LogP contribution in [0.3, 0.4) is 0 Å². The molecular formula is C12H11ClN2O2. The molecule has 2 N–H and O–H groups in total. The predicted octanol–water partition coefficient (Wildman–Crippen LogP) is 3.05. The van der Waals surface area contributed by atoms with Crippen molar-refractivity contribution >= 4 is 17.6 Å². The molecule has 0 unspecified atom stereocenters. The zero-order valence-electron chi connectivity index (χ0n) is 9.41. The summed E-state index contributed by atoms with van der Waals surface area (Å²) in [4.78, 5) is 10.8. The van der Waals surface area contributed by atoms with Gasteiger partial charge in [-0.05, 0) is 31.5 Å². The fraction of sp³-hybridized carbons (Fsp3) is 0.167. The molecule has 0 amide bonds. The van der Waals surface area contributed by atoms with Crippen molar-refractivity contribution in [3.8, 4) is 11.3 Å². The molecule has 0 aliphatic carbocycles. The Balaban J connectivity index is 2.56. The number of halogens is 1. The van der Waals surface area contributed by atoms with Crippen molar-refractivity contribution in [3.05, 3.63) is 40.0 Å². The number of carbonyl (C=O) groups is 1. The third-order valence-electron chi connectivity index (χ3n) is 2.48. The minimum absolute atomic E-state index is 0.0511. The number of aryl methyl sites for hydroxylation is 2. The minimum Gasteiger partial charge on any atom is -0.477 e. The Labute approximate surface area is 103 Å². The third-order valence-corrected chi connectivity index (χ3v) is 2.98. The first-order chi connectivity index (χ1) is 7.99. The average Bonchev–Trinajstić information content (AvgIpc) is 2.72. The van der Waals surface area contributed by atoms with Gasteiger partial charge in [0.05, 0.1) is 10.7 Å². The zero-order chi connectivity index (χ0) is 12.6. The molecule has 1 aromatic heterocycles. The first-order valence-corrected chi connectivity index (χ1v) is 5.42. The van der Waals surface area contributed by atoms with Crippen molar-refractivity contribution < 1.29 is 9.90 Å². The van der Waals surface area contributed by atoms with E-state index in [4.69, 9.17) is 16.7 Å². The number of carboxylic acids is 1. The Bertz CT molecular complexity index is 590. The quantitative estimate of drug-likeness (QED) is 0.861. The number of aromatic amines is 1. The second-order valence-corrected chi connectivity index (χ2v) is 4.29. The number of hydrogen-bond donors (Lipinski definition) is 2. The normalized spacial score (nSPS) is 10.5. The number of nitrogens with one attached hydrogen (secondary N) is 1. The van der Waals surface area contributed by atoms with Gasteiger partial charge in [0.15, 0.2) is 0 Å². The molecule has 0 aliphatic rings. The summed E-state index contributed by atoms with van der Waals surface area (Å²) in [6.07, 6.45) is 0. The molecule has 2 rings (SSSR count). The number of nitrogens with zero attached hydrogens (tertiary/aromatic N) is 1. The van der Waals surface area contributed by atoms with Crippen molar-refractivity contribution in [1.29, 1.82) is 0 Å². The van der Waals surface area contributed by atoms with E-state index in [1.165, 1.54) is 6.07 Å². The molecule has 1 heterocycles. The Kier molecular flexibility index (Phi) is 2.90. The second kappa shape index (κ2) is 4.22. The van der Waals surface area contributed by atoms with Gasteiger partial charge in [0.25, 0.3) is 0 Å². The van der Waals surface area contributed by atoms with Crippen molar-refractivity contribution in [2.24, 2.45) is 0 Å². The SMILES string of the molecule is Cc1cc(C)c(Cl)c(-c2cc(C(=O)O)[nH]n2)c1. The Morgan fingerprint density at radius 1 is 1.35 bits per heavy atom. The summed E-state index contributed by atoms with van der Waals surface area (Å²) >= 11 is 6.19. The Hall–Kier alpha value is -1.81. The van der Waals surface area contributed by atoms with Gasteiger partial charge in [-0.2, -0.15) is 5.10 Å². The Morgan fingerprint density at radius 3 is 2.65 bits per heavy atom. The number of benzene rings is 1. The molecule has 0 saturated carbocycles. The van der Waals surface area contributed by atoms with Crippen LogP contribution in [0.25, 0.3) is 11.3 Å². The molecule has 0 fully saturated rings. The van der Waals surface area contributed by atoms with Gasteiger partial charge in [-0.3, -0.25) is 5.10 Å². The number of aromatic nitrogens is 2. The fourth-order valence-electron chi connectivity index (χ4n) is 1.71. The highest BCUT2D eigenvalue weighted by atomic mass is 35.5. The van der Waals surface area contributed by atoms with E-state index in [-0.39, 0.29) is 5.69 Å².